The Bertz CT molecular complexity index is 342. The number of anilines is 1. The lowest BCUT2D eigenvalue weighted by molar-refractivity contribution is -0.125. The summed E-state index contributed by atoms with van der Waals surface area (Å²) >= 11 is 0. The van der Waals surface area contributed by atoms with Crippen molar-refractivity contribution in [1.82, 2.24) is 4.98 Å². The lowest BCUT2D eigenvalue weighted by atomic mass is 10.3. The van der Waals surface area contributed by atoms with Crippen molar-refractivity contribution in [2.75, 3.05) is 19.0 Å². The van der Waals surface area contributed by atoms with E-state index < -0.39 is 17.8 Å². The second kappa shape index (κ2) is 5.38. The second-order valence-corrected chi connectivity index (χ2v) is 2.80. The molecule has 5 nitrogen and oxygen atoms in total. The van der Waals surface area contributed by atoms with Gasteiger partial charge >= 0.3 is 0 Å². The molecule has 1 rings (SSSR count). The molecule has 0 saturated heterocycles. The third kappa shape index (κ3) is 2.97. The molecule has 15 heavy (non-hydrogen) atoms. The van der Waals surface area contributed by atoms with Crippen LogP contribution < -0.4 is 11.1 Å². The average molecular weight is 213 g/mol. The van der Waals surface area contributed by atoms with Gasteiger partial charge in [0.05, 0.1) is 11.9 Å². The Kier molecular flexibility index (Phi) is 4.14. The molecule has 1 heterocycles. The van der Waals surface area contributed by atoms with E-state index in [-0.39, 0.29) is 12.2 Å². The fraction of sp³-hybridized carbons (Fsp3) is 0.333. The van der Waals surface area contributed by atoms with Crippen LogP contribution in [0.2, 0.25) is 0 Å². The van der Waals surface area contributed by atoms with Crippen LogP contribution in [0.3, 0.4) is 0 Å². The average Bonchev–Trinajstić information content (AvgIpc) is 2.23. The summed E-state index contributed by atoms with van der Waals surface area (Å²) in [5, 5.41) is 2.35. The largest absolute Gasteiger partial charge is 0.370 e. The van der Waals surface area contributed by atoms with E-state index >= 15 is 0 Å². The summed E-state index contributed by atoms with van der Waals surface area (Å²) in [7, 11) is 1.36. The molecule has 0 radical (unpaired) electrons. The zero-order valence-electron chi connectivity index (χ0n) is 8.24. The van der Waals surface area contributed by atoms with E-state index in [9.17, 15) is 9.18 Å². The quantitative estimate of drug-likeness (QED) is 0.745. The molecule has 0 aliphatic carbocycles. The molecular weight excluding hydrogens is 201 g/mol. The lowest BCUT2D eigenvalue weighted by Crippen LogP contribution is -2.36. The number of halogens is 1. The van der Waals surface area contributed by atoms with Gasteiger partial charge in [0.2, 0.25) is 0 Å². The van der Waals surface area contributed by atoms with Crippen molar-refractivity contribution in [1.29, 1.82) is 0 Å². The number of carbonyl (C=O) groups is 1. The van der Waals surface area contributed by atoms with E-state index in [4.69, 9.17) is 10.5 Å². The number of carbonyl (C=O) groups excluding carboxylic acids is 1. The van der Waals surface area contributed by atoms with Gasteiger partial charge in [0, 0.05) is 19.9 Å². The number of nitrogens with one attached hydrogen (secondary N) is 1. The molecule has 1 unspecified atom stereocenters. The minimum absolute atomic E-state index is 0.0367. The van der Waals surface area contributed by atoms with E-state index in [1.165, 1.54) is 19.4 Å². The first-order valence-electron chi connectivity index (χ1n) is 4.32. The van der Waals surface area contributed by atoms with Crippen molar-refractivity contribution in [3.63, 3.8) is 0 Å². The van der Waals surface area contributed by atoms with E-state index in [0.717, 1.165) is 6.20 Å². The molecule has 0 aliphatic heterocycles. The van der Waals surface area contributed by atoms with Gasteiger partial charge in [-0.2, -0.15) is 0 Å². The first kappa shape index (κ1) is 11.5. The third-order valence-corrected chi connectivity index (χ3v) is 1.82. The maximum absolute atomic E-state index is 13.1. The van der Waals surface area contributed by atoms with Crippen molar-refractivity contribution in [2.45, 2.75) is 6.10 Å². The molecule has 0 bridgehead atoms. The van der Waals surface area contributed by atoms with Crippen LogP contribution in [0.1, 0.15) is 0 Å². The minimum Gasteiger partial charge on any atom is -0.370 e. The topological polar surface area (TPSA) is 77.2 Å². The first-order chi connectivity index (χ1) is 7.19. The maximum atomic E-state index is 13.1. The highest BCUT2D eigenvalue weighted by Gasteiger charge is 2.16. The second-order valence-electron chi connectivity index (χ2n) is 2.80. The number of methoxy groups -OCH3 is 1. The van der Waals surface area contributed by atoms with Crippen molar-refractivity contribution < 1.29 is 13.9 Å². The normalized spacial score (nSPS) is 12.2. The maximum Gasteiger partial charge on any atom is 0.254 e. The molecule has 0 aliphatic rings. The molecule has 6 heteroatoms. The van der Waals surface area contributed by atoms with Crippen molar-refractivity contribution >= 4 is 11.6 Å². The highest BCUT2D eigenvalue weighted by Crippen LogP contribution is 2.11. The van der Waals surface area contributed by atoms with Gasteiger partial charge in [-0.05, 0) is 6.07 Å². The number of rotatable bonds is 4. The van der Waals surface area contributed by atoms with Crippen molar-refractivity contribution in [3.05, 3.63) is 24.3 Å². The Balaban J connectivity index is 2.70. The summed E-state index contributed by atoms with van der Waals surface area (Å²) in [6.45, 7) is 0.0367. The van der Waals surface area contributed by atoms with Crippen molar-refractivity contribution in [2.24, 2.45) is 5.73 Å². The van der Waals surface area contributed by atoms with Crippen molar-refractivity contribution in [3.8, 4) is 0 Å². The standard InChI is InChI=1S/C9H12FN3O2/c1-15-8(4-11)9(14)13-7-2-3-12-5-6(7)10/h2-3,5,8H,4,11H2,1H3,(H,12,13,14). The van der Waals surface area contributed by atoms with Crippen LogP contribution in [-0.2, 0) is 9.53 Å². The smallest absolute Gasteiger partial charge is 0.254 e. The molecule has 0 aromatic carbocycles. The molecule has 1 amide bonds. The fourth-order valence-electron chi connectivity index (χ4n) is 1.00. The summed E-state index contributed by atoms with van der Waals surface area (Å²) in [6.07, 6.45) is 1.61. The molecule has 1 aromatic heterocycles. The minimum atomic E-state index is -0.780. The van der Waals surface area contributed by atoms with Crippen LogP contribution in [0.15, 0.2) is 18.5 Å². The first-order valence-corrected chi connectivity index (χ1v) is 4.32. The molecule has 3 N–H and O–H groups in total. The fourth-order valence-corrected chi connectivity index (χ4v) is 1.00. The van der Waals surface area contributed by atoms with Gasteiger partial charge < -0.3 is 15.8 Å². The van der Waals surface area contributed by atoms with Gasteiger partial charge in [0.15, 0.2) is 5.82 Å². The zero-order chi connectivity index (χ0) is 11.3. The zero-order valence-corrected chi connectivity index (χ0v) is 8.24. The number of nitrogens with two attached hydrogens (primary N) is 1. The Hall–Kier alpha value is -1.53. The summed E-state index contributed by atoms with van der Waals surface area (Å²) < 4.78 is 17.9. The summed E-state index contributed by atoms with van der Waals surface area (Å²) in [4.78, 5) is 15.0. The Labute approximate surface area is 86.4 Å². The molecule has 0 spiro atoms. The highest BCUT2D eigenvalue weighted by molar-refractivity contribution is 5.94. The predicted octanol–water partition coefficient (Wildman–Crippen LogP) is 0.133. The number of ether oxygens (including phenoxy) is 1. The van der Waals surface area contributed by atoms with E-state index in [1.54, 1.807) is 0 Å². The van der Waals surface area contributed by atoms with Crippen LogP contribution in [0, 0.1) is 5.82 Å². The molecule has 1 aromatic rings. The van der Waals surface area contributed by atoms with E-state index in [1.807, 2.05) is 0 Å². The van der Waals surface area contributed by atoms with Gasteiger partial charge in [0.25, 0.3) is 5.91 Å². The van der Waals surface area contributed by atoms with Gasteiger partial charge in [0.1, 0.15) is 6.10 Å². The summed E-state index contributed by atoms with van der Waals surface area (Å²) in [5.41, 5.74) is 5.34. The van der Waals surface area contributed by atoms with E-state index in [0.29, 0.717) is 0 Å². The Morgan fingerprint density at radius 1 is 1.80 bits per heavy atom. The van der Waals surface area contributed by atoms with Gasteiger partial charge in [-0.15, -0.1) is 0 Å². The highest BCUT2D eigenvalue weighted by atomic mass is 19.1. The van der Waals surface area contributed by atoms with Gasteiger partial charge in [-0.1, -0.05) is 0 Å². The van der Waals surface area contributed by atoms with E-state index in [2.05, 4.69) is 10.3 Å². The lowest BCUT2D eigenvalue weighted by Gasteiger charge is -2.12. The molecule has 1 atom stereocenters. The summed E-state index contributed by atoms with van der Waals surface area (Å²) in [5.74, 6) is -1.08. The Morgan fingerprint density at radius 3 is 3.07 bits per heavy atom. The van der Waals surface area contributed by atoms with Crippen LogP contribution in [0.5, 0.6) is 0 Å². The van der Waals surface area contributed by atoms with Gasteiger partial charge in [-0.25, -0.2) is 4.39 Å². The summed E-state index contributed by atoms with van der Waals surface area (Å²) in [6, 6.07) is 1.36. The third-order valence-electron chi connectivity index (χ3n) is 1.82. The Morgan fingerprint density at radius 2 is 2.53 bits per heavy atom. The van der Waals surface area contributed by atoms with Crippen LogP contribution in [0.4, 0.5) is 10.1 Å². The number of aromatic nitrogens is 1. The molecule has 0 saturated carbocycles. The predicted molar refractivity (Wildman–Crippen MR) is 52.7 cm³/mol. The van der Waals surface area contributed by atoms with Gasteiger partial charge in [-0.3, -0.25) is 9.78 Å². The number of hydrogen-bond acceptors (Lipinski definition) is 4. The SMILES string of the molecule is COC(CN)C(=O)Nc1ccncc1F. The number of amides is 1. The molecule has 0 fully saturated rings. The number of nitrogens with zero attached hydrogens (tertiary/aromatic N) is 1. The number of pyridine rings is 1. The number of hydrogen-bond donors (Lipinski definition) is 2. The van der Waals surface area contributed by atoms with Crippen LogP contribution in [0.25, 0.3) is 0 Å². The monoisotopic (exact) mass is 213 g/mol. The van der Waals surface area contributed by atoms with Crippen LogP contribution >= 0.6 is 0 Å². The molecular formula is C9H12FN3O2. The molecule has 82 valence electrons. The van der Waals surface area contributed by atoms with Crippen LogP contribution in [-0.4, -0.2) is 30.6 Å².